The van der Waals surface area contributed by atoms with E-state index >= 15 is 0 Å². The Morgan fingerprint density at radius 3 is 1.85 bits per heavy atom. The van der Waals surface area contributed by atoms with Crippen molar-refractivity contribution in [2.24, 2.45) is 29.6 Å². The average Bonchev–Trinajstić information content (AvgIpc) is 3.01. The molecule has 0 heterocycles. The molecule has 0 bridgehead atoms. The quantitative estimate of drug-likeness (QED) is 0.187. The zero-order chi connectivity index (χ0) is 35.3. The normalized spacial score (nSPS) is 26.0. The largest absolute Gasteiger partial charge is 0.390 e. The molecule has 0 aromatic heterocycles. The number of halogens is 2. The van der Waals surface area contributed by atoms with E-state index in [1.807, 2.05) is 25.7 Å². The summed E-state index contributed by atoms with van der Waals surface area (Å²) in [6.07, 6.45) is 0.746. The van der Waals surface area contributed by atoms with Crippen LogP contribution in [0.2, 0.25) is 0 Å². The van der Waals surface area contributed by atoms with Gasteiger partial charge in [-0.25, -0.2) is 13.8 Å². The summed E-state index contributed by atoms with van der Waals surface area (Å²) in [4.78, 5) is 56.8. The topological polar surface area (TPSA) is 122 Å². The van der Waals surface area contributed by atoms with Crippen LogP contribution in [0.15, 0.2) is 0 Å². The highest BCUT2D eigenvalue weighted by Crippen LogP contribution is 2.37. The standard InChI is InChI=1S/C35H63F2N5O5/c1-8-11-14-42(39-32(44)23(4)5)22-31(43)30(17-24-15-28(36)21-29(37)16-24)38-33(45)25-18-26(34(46)40(6)7)20-27(19-25)35(47)41(12-9-2)13-10-3/h23-31,43H,8-22H2,1-7H3,(H,38,45)(H,39,44). The molecule has 12 heteroatoms. The molecule has 2 fully saturated rings. The van der Waals surface area contributed by atoms with Crippen LogP contribution < -0.4 is 10.7 Å². The van der Waals surface area contributed by atoms with Crippen molar-refractivity contribution in [1.29, 1.82) is 0 Å². The van der Waals surface area contributed by atoms with Crippen LogP contribution in [0.4, 0.5) is 8.78 Å². The van der Waals surface area contributed by atoms with Crippen LogP contribution in [0.25, 0.3) is 0 Å². The molecular weight excluding hydrogens is 608 g/mol. The molecule has 4 amide bonds. The van der Waals surface area contributed by atoms with Crippen LogP contribution in [0.1, 0.15) is 105 Å². The summed E-state index contributed by atoms with van der Waals surface area (Å²) in [7, 11) is 3.33. The van der Waals surface area contributed by atoms with Crippen molar-refractivity contribution >= 4 is 23.6 Å². The van der Waals surface area contributed by atoms with Crippen LogP contribution >= 0.6 is 0 Å². The second kappa shape index (κ2) is 20.2. The van der Waals surface area contributed by atoms with Crippen molar-refractivity contribution < 1.29 is 33.1 Å². The number of alkyl halides is 2. The number of hydrogen-bond donors (Lipinski definition) is 3. The smallest absolute Gasteiger partial charge is 0.236 e. The van der Waals surface area contributed by atoms with E-state index in [1.54, 1.807) is 33.0 Å². The van der Waals surface area contributed by atoms with Crippen molar-refractivity contribution in [1.82, 2.24) is 25.6 Å². The molecule has 2 aliphatic carbocycles. The molecule has 0 aromatic rings. The Balaban J connectivity index is 2.34. The minimum atomic E-state index is -1.29. The third kappa shape index (κ3) is 13.2. The molecule has 0 saturated heterocycles. The first-order valence-electron chi connectivity index (χ1n) is 18.0. The lowest BCUT2D eigenvalue weighted by atomic mass is 9.73. The van der Waals surface area contributed by atoms with Gasteiger partial charge in [-0.05, 0) is 63.7 Å². The van der Waals surface area contributed by atoms with E-state index in [1.165, 1.54) is 4.90 Å². The molecule has 0 aromatic carbocycles. The first kappa shape index (κ1) is 40.8. The minimum absolute atomic E-state index is 0.0186. The number of amides is 4. The number of carbonyl (C=O) groups excluding carboxylic acids is 4. The Morgan fingerprint density at radius 1 is 0.787 bits per heavy atom. The fourth-order valence-electron chi connectivity index (χ4n) is 7.07. The number of carbonyl (C=O) groups is 4. The van der Waals surface area contributed by atoms with Gasteiger partial charge in [-0.1, -0.05) is 41.0 Å². The summed E-state index contributed by atoms with van der Waals surface area (Å²) in [5.41, 5.74) is 2.87. The molecule has 2 saturated carbocycles. The summed E-state index contributed by atoms with van der Waals surface area (Å²) in [5, 5.41) is 16.2. The van der Waals surface area contributed by atoms with Crippen LogP contribution in [0, 0.1) is 29.6 Å². The number of hydrazine groups is 1. The fraction of sp³-hybridized carbons (Fsp3) is 0.886. The molecule has 10 nitrogen and oxygen atoms in total. The molecule has 0 spiro atoms. The fourth-order valence-corrected chi connectivity index (χ4v) is 7.07. The monoisotopic (exact) mass is 671 g/mol. The van der Waals surface area contributed by atoms with E-state index in [4.69, 9.17) is 0 Å². The van der Waals surface area contributed by atoms with Gasteiger partial charge in [0.2, 0.25) is 23.6 Å². The third-order valence-electron chi connectivity index (χ3n) is 9.57. The van der Waals surface area contributed by atoms with Crippen molar-refractivity contribution in [2.75, 3.05) is 40.3 Å². The lowest BCUT2D eigenvalue weighted by Gasteiger charge is -2.38. The number of nitrogens with zero attached hydrogens (tertiary/aromatic N) is 3. The summed E-state index contributed by atoms with van der Waals surface area (Å²) in [6.45, 7) is 11.3. The molecule has 3 N–H and O–H groups in total. The summed E-state index contributed by atoms with van der Waals surface area (Å²) in [5.74, 6) is -3.07. The van der Waals surface area contributed by atoms with E-state index in [-0.39, 0.29) is 80.5 Å². The van der Waals surface area contributed by atoms with E-state index in [2.05, 4.69) is 10.7 Å². The van der Waals surface area contributed by atoms with Crippen LogP contribution in [0.3, 0.4) is 0 Å². The lowest BCUT2D eigenvalue weighted by Crippen LogP contribution is -2.55. The zero-order valence-electron chi connectivity index (χ0n) is 30.0. The van der Waals surface area contributed by atoms with Gasteiger partial charge >= 0.3 is 0 Å². The average molecular weight is 672 g/mol. The third-order valence-corrected chi connectivity index (χ3v) is 9.57. The molecule has 47 heavy (non-hydrogen) atoms. The summed E-state index contributed by atoms with van der Waals surface area (Å²) < 4.78 is 28.8. The molecular formula is C35H63F2N5O5. The molecule has 2 rings (SSSR count). The van der Waals surface area contributed by atoms with Crippen LogP contribution in [-0.4, -0.2) is 108 Å². The first-order chi connectivity index (χ1) is 22.2. The predicted octanol–water partition coefficient (Wildman–Crippen LogP) is 4.26. The van der Waals surface area contributed by atoms with E-state index in [9.17, 15) is 33.1 Å². The zero-order valence-corrected chi connectivity index (χ0v) is 30.0. The Bertz CT molecular complexity index is 985. The number of aliphatic hydroxyl groups excluding tert-OH is 1. The molecule has 272 valence electrons. The van der Waals surface area contributed by atoms with Crippen molar-refractivity contribution in [3.05, 3.63) is 0 Å². The highest BCUT2D eigenvalue weighted by atomic mass is 19.1. The Kier molecular flexibility index (Phi) is 17.6. The number of rotatable bonds is 18. The van der Waals surface area contributed by atoms with Gasteiger partial charge in [-0.3, -0.25) is 24.6 Å². The van der Waals surface area contributed by atoms with Crippen molar-refractivity contribution in [3.8, 4) is 0 Å². The number of unbranched alkanes of at least 4 members (excludes halogenated alkanes) is 1. The SMILES string of the molecule is CCCCN(CC(O)C(CC1CC(F)CC(F)C1)NC(=O)C1CC(C(=O)N(C)C)CC(C(=O)N(CCC)CCC)C1)NC(=O)C(C)C. The van der Waals surface area contributed by atoms with E-state index in [0.29, 0.717) is 26.1 Å². The lowest BCUT2D eigenvalue weighted by molar-refractivity contribution is -0.143. The van der Waals surface area contributed by atoms with Gasteiger partial charge in [0, 0.05) is 70.4 Å². The molecule has 7 atom stereocenters. The molecule has 0 aliphatic heterocycles. The van der Waals surface area contributed by atoms with Gasteiger partial charge in [-0.2, -0.15) is 0 Å². The maximum Gasteiger partial charge on any atom is 0.236 e. The van der Waals surface area contributed by atoms with E-state index < -0.39 is 42.2 Å². The maximum atomic E-state index is 14.4. The maximum absolute atomic E-state index is 14.4. The Morgan fingerprint density at radius 2 is 1.34 bits per heavy atom. The second-order valence-electron chi connectivity index (χ2n) is 14.5. The van der Waals surface area contributed by atoms with Gasteiger partial charge in [0.15, 0.2) is 0 Å². The predicted molar refractivity (Wildman–Crippen MR) is 179 cm³/mol. The van der Waals surface area contributed by atoms with Crippen LogP contribution in [0.5, 0.6) is 0 Å². The summed E-state index contributed by atoms with van der Waals surface area (Å²) >= 11 is 0. The van der Waals surface area contributed by atoms with Gasteiger partial charge in [0.05, 0.1) is 12.1 Å². The van der Waals surface area contributed by atoms with Gasteiger partial charge in [0.25, 0.3) is 0 Å². The van der Waals surface area contributed by atoms with Gasteiger partial charge in [0.1, 0.15) is 12.3 Å². The number of hydrogen-bond acceptors (Lipinski definition) is 6. The van der Waals surface area contributed by atoms with Gasteiger partial charge in [-0.15, -0.1) is 0 Å². The Labute approximate surface area is 281 Å². The Hall–Kier alpha value is -2.34. The second-order valence-corrected chi connectivity index (χ2v) is 14.5. The highest BCUT2D eigenvalue weighted by Gasteiger charge is 2.42. The highest BCUT2D eigenvalue weighted by molar-refractivity contribution is 5.86. The minimum Gasteiger partial charge on any atom is -0.390 e. The van der Waals surface area contributed by atoms with Crippen molar-refractivity contribution in [2.45, 2.75) is 130 Å². The van der Waals surface area contributed by atoms with Gasteiger partial charge < -0.3 is 20.2 Å². The summed E-state index contributed by atoms with van der Waals surface area (Å²) in [6, 6.07) is -0.846. The number of aliphatic hydroxyl groups is 1. The molecule has 7 unspecified atom stereocenters. The molecule has 2 aliphatic rings. The molecule has 0 radical (unpaired) electrons. The van der Waals surface area contributed by atoms with Crippen LogP contribution in [-0.2, 0) is 19.2 Å². The first-order valence-corrected chi connectivity index (χ1v) is 18.0. The number of nitrogens with one attached hydrogen (secondary N) is 2. The van der Waals surface area contributed by atoms with E-state index in [0.717, 1.165) is 25.7 Å². The van der Waals surface area contributed by atoms with Crippen molar-refractivity contribution in [3.63, 3.8) is 0 Å².